The van der Waals surface area contributed by atoms with Crippen LogP contribution in [0.15, 0.2) is 23.1 Å². The molecule has 0 aliphatic rings. The van der Waals surface area contributed by atoms with E-state index in [1.807, 2.05) is 25.9 Å². The Bertz CT molecular complexity index is 933. The van der Waals surface area contributed by atoms with Gasteiger partial charge in [0.05, 0.1) is 23.5 Å². The molecule has 0 aliphatic carbocycles. The molecule has 0 bridgehead atoms. The Labute approximate surface area is 178 Å². The Morgan fingerprint density at radius 2 is 1.67 bits per heavy atom. The molecule has 0 aliphatic heterocycles. The Kier molecular flexibility index (Phi) is 9.62. The van der Waals surface area contributed by atoms with Crippen LogP contribution in [0.4, 0.5) is 11.4 Å². The third kappa shape index (κ3) is 7.80. The van der Waals surface area contributed by atoms with Gasteiger partial charge in [-0.05, 0) is 26.6 Å². The number of anilines is 1. The van der Waals surface area contributed by atoms with Gasteiger partial charge in [-0.2, -0.15) is 12.7 Å². The van der Waals surface area contributed by atoms with E-state index in [-0.39, 0.29) is 36.0 Å². The van der Waals surface area contributed by atoms with Crippen molar-refractivity contribution < 1.29 is 25.9 Å². The molecule has 30 heavy (non-hydrogen) atoms. The van der Waals surface area contributed by atoms with Gasteiger partial charge in [0.25, 0.3) is 15.8 Å². The van der Waals surface area contributed by atoms with Gasteiger partial charge >= 0.3 is 0 Å². The topological polar surface area (TPSA) is 130 Å². The van der Waals surface area contributed by atoms with Crippen LogP contribution in [0.1, 0.15) is 13.3 Å². The summed E-state index contributed by atoms with van der Waals surface area (Å²) < 4.78 is 54.8. The number of hydrogen-bond donors (Lipinski definition) is 0. The van der Waals surface area contributed by atoms with Gasteiger partial charge in [0.2, 0.25) is 10.0 Å². The van der Waals surface area contributed by atoms with Crippen molar-refractivity contribution in [1.29, 1.82) is 0 Å². The Morgan fingerprint density at radius 3 is 2.17 bits per heavy atom. The van der Waals surface area contributed by atoms with E-state index < -0.39 is 25.1 Å². The molecule has 0 radical (unpaired) electrons. The fraction of sp³-hybridized carbons (Fsp3) is 0.647. The van der Waals surface area contributed by atoms with Crippen molar-refractivity contribution in [2.75, 3.05) is 65.1 Å². The van der Waals surface area contributed by atoms with Crippen molar-refractivity contribution in [3.05, 3.63) is 28.3 Å². The van der Waals surface area contributed by atoms with Gasteiger partial charge in [-0.3, -0.25) is 14.3 Å². The maximum atomic E-state index is 13.2. The number of nitro benzene ring substituents is 1. The van der Waals surface area contributed by atoms with E-state index in [9.17, 15) is 26.9 Å². The van der Waals surface area contributed by atoms with Crippen molar-refractivity contribution in [3.8, 4) is 0 Å². The lowest BCUT2D eigenvalue weighted by molar-refractivity contribution is -0.385. The average molecular weight is 467 g/mol. The number of nitrogens with zero attached hydrogens (tertiary/aromatic N) is 4. The molecule has 0 unspecified atom stereocenters. The highest BCUT2D eigenvalue weighted by atomic mass is 32.2. The molecular weight excluding hydrogens is 436 g/mol. The molecule has 0 N–H and O–H groups in total. The molecule has 11 nitrogen and oxygen atoms in total. The Balaban J connectivity index is 3.40. The van der Waals surface area contributed by atoms with Gasteiger partial charge in [-0.1, -0.05) is 6.92 Å². The third-order valence-corrected chi connectivity index (χ3v) is 6.68. The summed E-state index contributed by atoms with van der Waals surface area (Å²) in [5.41, 5.74) is -0.0848. The summed E-state index contributed by atoms with van der Waals surface area (Å²) in [6, 6.07) is 3.64. The molecule has 13 heteroatoms. The van der Waals surface area contributed by atoms with Crippen LogP contribution in [-0.4, -0.2) is 91.1 Å². The van der Waals surface area contributed by atoms with E-state index in [0.717, 1.165) is 16.6 Å². The smallest absolute Gasteiger partial charge is 0.270 e. The summed E-state index contributed by atoms with van der Waals surface area (Å²) in [5, 5.41) is 11.2. The minimum absolute atomic E-state index is 0.0999. The number of likely N-dealkylation sites (N-methyl/N-ethyl adjacent to an activating group) is 2. The predicted octanol–water partition coefficient (Wildman–Crippen LogP) is 0.970. The Hall–Kier alpha value is -1.80. The van der Waals surface area contributed by atoms with Crippen molar-refractivity contribution in [3.63, 3.8) is 0 Å². The molecule has 0 fully saturated rings. The van der Waals surface area contributed by atoms with E-state index in [0.29, 0.717) is 19.5 Å². The second-order valence-corrected chi connectivity index (χ2v) is 10.7. The van der Waals surface area contributed by atoms with Crippen molar-refractivity contribution in [1.82, 2.24) is 9.21 Å². The van der Waals surface area contributed by atoms with Gasteiger partial charge in [0, 0.05) is 45.4 Å². The number of non-ortho nitro benzene ring substituents is 1. The fourth-order valence-corrected chi connectivity index (χ4v) is 4.40. The van der Waals surface area contributed by atoms with E-state index in [1.54, 1.807) is 4.90 Å². The van der Waals surface area contributed by atoms with Crippen molar-refractivity contribution in [2.45, 2.75) is 18.2 Å². The van der Waals surface area contributed by atoms with Crippen LogP contribution in [-0.2, 0) is 24.3 Å². The van der Waals surface area contributed by atoms with Crippen LogP contribution in [0.3, 0.4) is 0 Å². The van der Waals surface area contributed by atoms with E-state index >= 15 is 0 Å². The zero-order valence-corrected chi connectivity index (χ0v) is 19.6. The highest BCUT2D eigenvalue weighted by Crippen LogP contribution is 2.31. The predicted molar refractivity (Wildman–Crippen MR) is 115 cm³/mol. The van der Waals surface area contributed by atoms with E-state index in [4.69, 9.17) is 4.18 Å². The van der Waals surface area contributed by atoms with Gasteiger partial charge in [0.1, 0.15) is 4.90 Å². The van der Waals surface area contributed by atoms with Crippen LogP contribution in [0.25, 0.3) is 0 Å². The van der Waals surface area contributed by atoms with E-state index in [2.05, 4.69) is 0 Å². The van der Waals surface area contributed by atoms with Crippen LogP contribution in [0.2, 0.25) is 0 Å². The van der Waals surface area contributed by atoms with Gasteiger partial charge in [-0.15, -0.1) is 0 Å². The molecular formula is C17H30N4O7S2. The average Bonchev–Trinajstić information content (AvgIpc) is 2.63. The largest absolute Gasteiger partial charge is 0.368 e. The second-order valence-electron chi connectivity index (χ2n) is 7.05. The highest BCUT2D eigenvalue weighted by molar-refractivity contribution is 7.89. The summed E-state index contributed by atoms with van der Waals surface area (Å²) in [6.07, 6.45) is 1.57. The molecule has 1 rings (SSSR count). The normalized spacial score (nSPS) is 12.5. The van der Waals surface area contributed by atoms with Crippen LogP contribution < -0.4 is 4.90 Å². The molecule has 0 aromatic heterocycles. The number of hydrogen-bond acceptors (Lipinski definition) is 9. The molecule has 0 heterocycles. The number of sulfonamides is 1. The summed E-state index contributed by atoms with van der Waals surface area (Å²) >= 11 is 0. The summed E-state index contributed by atoms with van der Waals surface area (Å²) in [6.45, 7) is 2.89. The summed E-state index contributed by atoms with van der Waals surface area (Å²) in [5.74, 6) is 0. The zero-order valence-electron chi connectivity index (χ0n) is 17.9. The minimum atomic E-state index is -4.04. The van der Waals surface area contributed by atoms with E-state index in [1.165, 1.54) is 19.2 Å². The summed E-state index contributed by atoms with van der Waals surface area (Å²) in [4.78, 5) is 13.9. The monoisotopic (exact) mass is 466 g/mol. The summed E-state index contributed by atoms with van der Waals surface area (Å²) in [7, 11) is -2.65. The molecule has 0 saturated carbocycles. The highest BCUT2D eigenvalue weighted by Gasteiger charge is 2.28. The maximum absolute atomic E-state index is 13.2. The lowest BCUT2D eigenvalue weighted by Crippen LogP contribution is -2.35. The molecule has 172 valence electrons. The third-order valence-electron chi connectivity index (χ3n) is 4.20. The molecule has 0 atom stereocenters. The molecule has 0 saturated heterocycles. The fourth-order valence-electron chi connectivity index (χ4n) is 2.63. The maximum Gasteiger partial charge on any atom is 0.270 e. The first-order valence-corrected chi connectivity index (χ1v) is 12.5. The first-order chi connectivity index (χ1) is 13.8. The Morgan fingerprint density at radius 1 is 1.03 bits per heavy atom. The van der Waals surface area contributed by atoms with Crippen molar-refractivity contribution >= 4 is 31.5 Å². The van der Waals surface area contributed by atoms with Crippen molar-refractivity contribution in [2.24, 2.45) is 0 Å². The van der Waals surface area contributed by atoms with Gasteiger partial charge < -0.3 is 9.80 Å². The second kappa shape index (κ2) is 11.0. The first kappa shape index (κ1) is 26.2. The standard InChI is InChI=1S/C17H30N4O7S2/c1-6-9-20(12-13-28-29(5,24)25)16-8-7-15(21(22)23)14-17(16)30(26,27)19(4)11-10-18(2)3/h7-8,14H,6,9-13H2,1-5H3. The first-order valence-electron chi connectivity index (χ1n) is 9.28. The number of rotatable bonds is 13. The van der Waals surface area contributed by atoms with Crippen LogP contribution in [0, 0.1) is 10.1 Å². The lowest BCUT2D eigenvalue weighted by Gasteiger charge is -2.28. The minimum Gasteiger partial charge on any atom is -0.368 e. The van der Waals surface area contributed by atoms with Gasteiger partial charge in [-0.25, -0.2) is 8.42 Å². The number of nitro groups is 1. The lowest BCUT2D eigenvalue weighted by atomic mass is 10.2. The zero-order chi connectivity index (χ0) is 23.1. The quantitative estimate of drug-likeness (QED) is 0.237. The molecule has 0 amide bonds. The molecule has 0 spiro atoms. The molecule has 1 aromatic carbocycles. The molecule has 1 aromatic rings. The van der Waals surface area contributed by atoms with Crippen LogP contribution >= 0.6 is 0 Å². The van der Waals surface area contributed by atoms with Gasteiger partial charge in [0.15, 0.2) is 0 Å². The SMILES string of the molecule is CCCN(CCOS(C)(=O)=O)c1ccc([N+](=O)[O-])cc1S(=O)(=O)N(C)CCN(C)C. The number of benzene rings is 1. The van der Waals surface area contributed by atoms with Crippen LogP contribution in [0.5, 0.6) is 0 Å².